The van der Waals surface area contributed by atoms with Gasteiger partial charge in [-0.25, -0.2) is 8.42 Å². The number of carbonyl (C=O) groups excluding carboxylic acids is 1. The van der Waals surface area contributed by atoms with Crippen molar-refractivity contribution in [2.45, 2.75) is 31.8 Å². The quantitative estimate of drug-likeness (QED) is 0.586. The molecule has 2 aromatic rings. The number of carbonyl (C=O) groups is 1. The predicted molar refractivity (Wildman–Crippen MR) is 115 cm³/mol. The Morgan fingerprint density at radius 3 is 2.14 bits per heavy atom. The molecular formula is C22H27N3O3S. The van der Waals surface area contributed by atoms with E-state index in [0.717, 1.165) is 25.2 Å². The van der Waals surface area contributed by atoms with E-state index in [-0.39, 0.29) is 17.3 Å². The van der Waals surface area contributed by atoms with E-state index in [1.54, 1.807) is 0 Å². The van der Waals surface area contributed by atoms with Gasteiger partial charge in [-0.1, -0.05) is 44.0 Å². The highest BCUT2D eigenvalue weighted by Crippen LogP contribution is 2.11. The maximum Gasteiger partial charge on any atom is 0.251 e. The number of amides is 1. The molecule has 0 spiro atoms. The molecule has 154 valence electrons. The van der Waals surface area contributed by atoms with Gasteiger partial charge in [-0.2, -0.15) is 4.72 Å². The number of rotatable bonds is 10. The summed E-state index contributed by atoms with van der Waals surface area (Å²) in [6.45, 7) is 7.52. The van der Waals surface area contributed by atoms with Crippen LogP contribution in [-0.2, 0) is 23.1 Å². The minimum Gasteiger partial charge on any atom is -0.348 e. The maximum absolute atomic E-state index is 12.3. The zero-order valence-corrected chi connectivity index (χ0v) is 17.6. The maximum atomic E-state index is 12.3. The lowest BCUT2D eigenvalue weighted by atomic mass is 10.1. The molecule has 0 atom stereocenters. The average Bonchev–Trinajstić information content (AvgIpc) is 2.75. The van der Waals surface area contributed by atoms with Gasteiger partial charge in [0.15, 0.2) is 0 Å². The Morgan fingerprint density at radius 2 is 1.59 bits per heavy atom. The Morgan fingerprint density at radius 1 is 1.00 bits per heavy atom. The van der Waals surface area contributed by atoms with Crippen LogP contribution in [0.15, 0.2) is 53.4 Å². The van der Waals surface area contributed by atoms with Gasteiger partial charge in [-0.15, -0.1) is 6.42 Å². The smallest absolute Gasteiger partial charge is 0.251 e. The van der Waals surface area contributed by atoms with E-state index in [4.69, 9.17) is 6.42 Å². The van der Waals surface area contributed by atoms with Crippen LogP contribution in [0.25, 0.3) is 0 Å². The first-order valence-corrected chi connectivity index (χ1v) is 11.0. The van der Waals surface area contributed by atoms with Crippen LogP contribution in [0, 0.1) is 12.3 Å². The second kappa shape index (κ2) is 10.8. The molecular weight excluding hydrogens is 386 g/mol. The van der Waals surface area contributed by atoms with Gasteiger partial charge in [0.1, 0.15) is 0 Å². The minimum atomic E-state index is -3.66. The van der Waals surface area contributed by atoms with Crippen molar-refractivity contribution < 1.29 is 13.2 Å². The van der Waals surface area contributed by atoms with E-state index in [1.807, 2.05) is 12.1 Å². The van der Waals surface area contributed by atoms with E-state index in [0.29, 0.717) is 12.1 Å². The number of terminal acetylenes is 1. The summed E-state index contributed by atoms with van der Waals surface area (Å²) in [5.74, 6) is 1.95. The summed E-state index contributed by atoms with van der Waals surface area (Å²) >= 11 is 0. The van der Waals surface area contributed by atoms with Crippen LogP contribution in [0.5, 0.6) is 0 Å². The van der Waals surface area contributed by atoms with Gasteiger partial charge in [0.25, 0.3) is 5.91 Å². The molecule has 2 rings (SSSR count). The van der Waals surface area contributed by atoms with Gasteiger partial charge < -0.3 is 5.32 Å². The third-order valence-electron chi connectivity index (χ3n) is 4.57. The van der Waals surface area contributed by atoms with Gasteiger partial charge >= 0.3 is 0 Å². The molecule has 0 aliphatic rings. The number of nitrogens with zero attached hydrogens (tertiary/aromatic N) is 1. The summed E-state index contributed by atoms with van der Waals surface area (Å²) < 4.78 is 26.3. The van der Waals surface area contributed by atoms with Crippen molar-refractivity contribution in [2.75, 3.05) is 19.6 Å². The lowest BCUT2D eigenvalue weighted by Crippen LogP contribution is -2.25. The Bertz CT molecular complexity index is 942. The van der Waals surface area contributed by atoms with Gasteiger partial charge in [0, 0.05) is 18.7 Å². The highest BCUT2D eigenvalue weighted by Gasteiger charge is 2.14. The van der Waals surface area contributed by atoms with Crippen molar-refractivity contribution in [2.24, 2.45) is 0 Å². The predicted octanol–water partition coefficient (Wildman–Crippen LogP) is 2.37. The number of benzene rings is 2. The van der Waals surface area contributed by atoms with Crippen LogP contribution < -0.4 is 10.0 Å². The molecule has 0 aromatic heterocycles. The summed E-state index contributed by atoms with van der Waals surface area (Å²) in [5.41, 5.74) is 2.62. The first kappa shape index (κ1) is 22.6. The summed E-state index contributed by atoms with van der Waals surface area (Å²) in [6, 6.07) is 13.9. The van der Waals surface area contributed by atoms with Crippen LogP contribution in [-0.4, -0.2) is 38.9 Å². The molecule has 7 heteroatoms. The first-order valence-electron chi connectivity index (χ1n) is 9.51. The molecule has 29 heavy (non-hydrogen) atoms. The van der Waals surface area contributed by atoms with E-state index >= 15 is 0 Å². The second-order valence-electron chi connectivity index (χ2n) is 6.51. The fraction of sp³-hybridized carbons (Fsp3) is 0.318. The Balaban J connectivity index is 1.93. The van der Waals surface area contributed by atoms with Crippen molar-refractivity contribution in [1.29, 1.82) is 0 Å². The molecule has 0 unspecified atom stereocenters. The van der Waals surface area contributed by atoms with Crippen molar-refractivity contribution in [1.82, 2.24) is 14.9 Å². The number of hydrogen-bond acceptors (Lipinski definition) is 4. The molecule has 6 nitrogen and oxygen atoms in total. The van der Waals surface area contributed by atoms with Gasteiger partial charge in [-0.3, -0.25) is 9.69 Å². The minimum absolute atomic E-state index is 0.0630. The standard InChI is InChI=1S/C22H27N3O3S/c1-4-15-24-29(27,28)21-13-11-20(12-14-21)22(26)23-16-18-7-9-19(10-8-18)17-25(5-2)6-3/h1,7-14,24H,5-6,15-17H2,2-3H3,(H,23,26). The lowest BCUT2D eigenvalue weighted by molar-refractivity contribution is 0.0951. The molecule has 2 N–H and O–H groups in total. The fourth-order valence-electron chi connectivity index (χ4n) is 2.76. The van der Waals surface area contributed by atoms with Crippen molar-refractivity contribution in [3.8, 4) is 12.3 Å². The zero-order chi connectivity index (χ0) is 21.3. The highest BCUT2D eigenvalue weighted by atomic mass is 32.2. The summed E-state index contributed by atoms with van der Waals surface area (Å²) in [4.78, 5) is 14.7. The number of hydrogen-bond donors (Lipinski definition) is 2. The van der Waals surface area contributed by atoms with E-state index in [1.165, 1.54) is 29.8 Å². The molecule has 0 fully saturated rings. The van der Waals surface area contributed by atoms with Crippen LogP contribution in [0.3, 0.4) is 0 Å². The van der Waals surface area contributed by atoms with Gasteiger partial charge in [0.05, 0.1) is 11.4 Å². The van der Waals surface area contributed by atoms with Crippen molar-refractivity contribution in [3.63, 3.8) is 0 Å². The van der Waals surface area contributed by atoms with Crippen LogP contribution in [0.1, 0.15) is 35.3 Å². The lowest BCUT2D eigenvalue weighted by Gasteiger charge is -2.18. The first-order chi connectivity index (χ1) is 13.9. The van der Waals surface area contributed by atoms with Crippen LogP contribution in [0.4, 0.5) is 0 Å². The summed E-state index contributed by atoms with van der Waals surface area (Å²) in [6.07, 6.45) is 5.07. The largest absolute Gasteiger partial charge is 0.348 e. The molecule has 1 amide bonds. The number of sulfonamides is 1. The molecule has 0 saturated carbocycles. The molecule has 2 aromatic carbocycles. The molecule has 0 aliphatic heterocycles. The Kier molecular flexibility index (Phi) is 8.40. The van der Waals surface area contributed by atoms with Crippen LogP contribution in [0.2, 0.25) is 0 Å². The molecule has 0 bridgehead atoms. The third kappa shape index (κ3) is 6.71. The molecule has 0 saturated heterocycles. The normalized spacial score (nSPS) is 11.2. The Hall–Kier alpha value is -2.66. The van der Waals surface area contributed by atoms with E-state index in [2.05, 4.69) is 46.8 Å². The summed E-state index contributed by atoms with van der Waals surface area (Å²) in [5, 5.41) is 2.85. The average molecular weight is 414 g/mol. The monoisotopic (exact) mass is 413 g/mol. The molecule has 0 aliphatic carbocycles. The number of nitrogens with one attached hydrogen (secondary N) is 2. The van der Waals surface area contributed by atoms with E-state index < -0.39 is 10.0 Å². The third-order valence-corrected chi connectivity index (χ3v) is 5.98. The van der Waals surface area contributed by atoms with Crippen molar-refractivity contribution in [3.05, 3.63) is 65.2 Å². The van der Waals surface area contributed by atoms with Crippen LogP contribution >= 0.6 is 0 Å². The topological polar surface area (TPSA) is 78.5 Å². The summed E-state index contributed by atoms with van der Waals surface area (Å²) in [7, 11) is -3.66. The van der Waals surface area contributed by atoms with E-state index in [9.17, 15) is 13.2 Å². The molecule has 0 heterocycles. The SMILES string of the molecule is C#CCNS(=O)(=O)c1ccc(C(=O)NCc2ccc(CN(CC)CC)cc2)cc1. The van der Waals surface area contributed by atoms with Crippen molar-refractivity contribution >= 4 is 15.9 Å². The van der Waals surface area contributed by atoms with Gasteiger partial charge in [-0.05, 0) is 48.5 Å². The van der Waals surface area contributed by atoms with Gasteiger partial charge in [0.2, 0.25) is 10.0 Å². The zero-order valence-electron chi connectivity index (χ0n) is 16.8. The highest BCUT2D eigenvalue weighted by molar-refractivity contribution is 7.89. The Labute approximate surface area is 173 Å². The molecule has 0 radical (unpaired) electrons. The fourth-order valence-corrected chi connectivity index (χ4v) is 3.69. The second-order valence-corrected chi connectivity index (χ2v) is 8.28.